The minimum atomic E-state index is -0.574. The lowest BCUT2D eigenvalue weighted by atomic mass is 10.2. The van der Waals surface area contributed by atoms with Crippen LogP contribution in [0.2, 0.25) is 0 Å². The van der Waals surface area contributed by atoms with Crippen LogP contribution in [0.25, 0.3) is 0 Å². The fraction of sp³-hybridized carbons (Fsp3) is 0.526. The monoisotopic (exact) mass is 380 g/mol. The number of hydrogen-bond donors (Lipinski definition) is 2. The lowest BCUT2D eigenvalue weighted by Gasteiger charge is -2.13. The van der Waals surface area contributed by atoms with E-state index in [1.54, 1.807) is 24.3 Å². The van der Waals surface area contributed by atoms with Crippen LogP contribution in [0.3, 0.4) is 0 Å². The lowest BCUT2D eigenvalue weighted by molar-refractivity contribution is -0.124. The largest absolute Gasteiger partial charge is 0.452 e. The molecule has 0 bridgehead atoms. The van der Waals surface area contributed by atoms with E-state index in [4.69, 9.17) is 4.74 Å². The molecule has 1 aromatic carbocycles. The Morgan fingerprint density at radius 2 is 1.58 bits per heavy atom. The Labute approximate surface area is 159 Å². The van der Waals surface area contributed by atoms with Crippen LogP contribution in [0, 0.1) is 0 Å². The Kier molecular flexibility index (Phi) is 9.80. The molecule has 0 radical (unpaired) electrons. The van der Waals surface area contributed by atoms with Gasteiger partial charge in [0.05, 0.1) is 11.3 Å². The molecule has 7 heteroatoms. The number of hydrogen-bond acceptors (Lipinski definition) is 5. The smallest absolute Gasteiger partial charge is 0.339 e. The zero-order valence-corrected chi connectivity index (χ0v) is 16.7. The molecule has 2 amide bonds. The second-order valence-corrected chi connectivity index (χ2v) is 7.13. The summed E-state index contributed by atoms with van der Waals surface area (Å²) in [5.74, 6) is -0.774. The number of ether oxygens (including phenoxy) is 1. The summed E-state index contributed by atoms with van der Waals surface area (Å²) in [5, 5.41) is 5.62. The summed E-state index contributed by atoms with van der Waals surface area (Å²) in [6.45, 7) is 7.47. The van der Waals surface area contributed by atoms with Gasteiger partial charge >= 0.3 is 5.97 Å². The molecule has 26 heavy (non-hydrogen) atoms. The predicted octanol–water partition coefficient (Wildman–Crippen LogP) is 2.76. The van der Waals surface area contributed by atoms with E-state index in [1.165, 1.54) is 11.8 Å². The molecule has 0 fully saturated rings. The van der Waals surface area contributed by atoms with Crippen molar-refractivity contribution in [2.45, 2.75) is 57.5 Å². The highest BCUT2D eigenvalue weighted by Crippen LogP contribution is 2.23. The van der Waals surface area contributed by atoms with Crippen LogP contribution in [0.5, 0.6) is 0 Å². The highest BCUT2D eigenvalue weighted by atomic mass is 32.2. The fourth-order valence-corrected chi connectivity index (χ4v) is 2.80. The molecule has 0 saturated carbocycles. The Balaban J connectivity index is 2.60. The van der Waals surface area contributed by atoms with Gasteiger partial charge in [-0.3, -0.25) is 9.59 Å². The quantitative estimate of drug-likeness (QED) is 0.482. The standard InChI is InChI=1S/C19H28N2O4S/c1-5-13(3)20-17(22)11-25-19(24)15-9-7-8-10-16(15)26-12-18(23)21-14(4)6-2/h7-10,13-14H,5-6,11-12H2,1-4H3,(H,20,22)(H,21,23)/t13-,14+/m0/s1. The number of rotatable bonds is 10. The topological polar surface area (TPSA) is 84.5 Å². The summed E-state index contributed by atoms with van der Waals surface area (Å²) in [4.78, 5) is 36.6. The van der Waals surface area contributed by atoms with Gasteiger partial charge in [0.1, 0.15) is 0 Å². The van der Waals surface area contributed by atoms with E-state index >= 15 is 0 Å². The molecular formula is C19H28N2O4S. The number of esters is 1. The molecule has 2 atom stereocenters. The van der Waals surface area contributed by atoms with Gasteiger partial charge < -0.3 is 15.4 Å². The van der Waals surface area contributed by atoms with E-state index in [0.29, 0.717) is 10.5 Å². The summed E-state index contributed by atoms with van der Waals surface area (Å²) in [6.07, 6.45) is 1.66. The molecule has 0 aromatic heterocycles. The van der Waals surface area contributed by atoms with Gasteiger partial charge in [0.25, 0.3) is 5.91 Å². The molecule has 0 spiro atoms. The molecule has 0 heterocycles. The maximum absolute atomic E-state index is 12.3. The fourth-order valence-electron chi connectivity index (χ4n) is 1.95. The van der Waals surface area contributed by atoms with Gasteiger partial charge in [-0.2, -0.15) is 0 Å². The summed E-state index contributed by atoms with van der Waals surface area (Å²) in [6, 6.07) is 7.06. The number of amides is 2. The second-order valence-electron chi connectivity index (χ2n) is 6.11. The number of carbonyl (C=O) groups excluding carboxylic acids is 3. The summed E-state index contributed by atoms with van der Waals surface area (Å²) in [5.41, 5.74) is 0.352. The Hall–Kier alpha value is -2.02. The second kappa shape index (κ2) is 11.6. The Morgan fingerprint density at radius 3 is 2.19 bits per heavy atom. The lowest BCUT2D eigenvalue weighted by Crippen LogP contribution is -2.35. The molecular weight excluding hydrogens is 352 g/mol. The first-order valence-electron chi connectivity index (χ1n) is 8.85. The normalized spacial score (nSPS) is 12.8. The van der Waals surface area contributed by atoms with Crippen LogP contribution >= 0.6 is 11.8 Å². The zero-order chi connectivity index (χ0) is 19.5. The average molecular weight is 381 g/mol. The van der Waals surface area contributed by atoms with Crippen molar-refractivity contribution >= 4 is 29.5 Å². The van der Waals surface area contributed by atoms with Crippen LogP contribution in [0.4, 0.5) is 0 Å². The molecule has 0 saturated heterocycles. The highest BCUT2D eigenvalue weighted by Gasteiger charge is 2.16. The number of thioether (sulfide) groups is 1. The van der Waals surface area contributed by atoms with E-state index in [-0.39, 0.29) is 36.3 Å². The van der Waals surface area contributed by atoms with E-state index in [1.807, 2.05) is 27.7 Å². The van der Waals surface area contributed by atoms with Crippen molar-refractivity contribution in [3.8, 4) is 0 Å². The van der Waals surface area contributed by atoms with Crippen LogP contribution in [-0.4, -0.2) is 42.2 Å². The van der Waals surface area contributed by atoms with E-state index < -0.39 is 5.97 Å². The SMILES string of the molecule is CC[C@@H](C)NC(=O)CSc1ccccc1C(=O)OCC(=O)N[C@@H](C)CC. The van der Waals surface area contributed by atoms with E-state index in [9.17, 15) is 14.4 Å². The Morgan fingerprint density at radius 1 is 1.00 bits per heavy atom. The van der Waals surface area contributed by atoms with Crippen molar-refractivity contribution in [2.75, 3.05) is 12.4 Å². The summed E-state index contributed by atoms with van der Waals surface area (Å²) >= 11 is 1.27. The van der Waals surface area contributed by atoms with Gasteiger partial charge in [0, 0.05) is 17.0 Å². The van der Waals surface area contributed by atoms with Crippen molar-refractivity contribution in [2.24, 2.45) is 0 Å². The summed E-state index contributed by atoms with van der Waals surface area (Å²) in [7, 11) is 0. The zero-order valence-electron chi connectivity index (χ0n) is 15.8. The molecule has 1 aromatic rings. The first-order valence-corrected chi connectivity index (χ1v) is 9.83. The van der Waals surface area contributed by atoms with Gasteiger partial charge in [-0.25, -0.2) is 4.79 Å². The minimum absolute atomic E-state index is 0.0352. The van der Waals surface area contributed by atoms with Crippen molar-refractivity contribution in [1.82, 2.24) is 10.6 Å². The molecule has 0 aliphatic carbocycles. The average Bonchev–Trinajstić information content (AvgIpc) is 2.64. The molecule has 2 N–H and O–H groups in total. The molecule has 1 rings (SSSR count). The van der Waals surface area contributed by atoms with Crippen LogP contribution in [-0.2, 0) is 14.3 Å². The minimum Gasteiger partial charge on any atom is -0.452 e. The number of benzene rings is 1. The van der Waals surface area contributed by atoms with Crippen LogP contribution in [0.1, 0.15) is 50.9 Å². The van der Waals surface area contributed by atoms with Crippen molar-refractivity contribution in [1.29, 1.82) is 0 Å². The molecule has 0 aliphatic rings. The molecule has 0 aliphatic heterocycles. The van der Waals surface area contributed by atoms with Crippen molar-refractivity contribution in [3.63, 3.8) is 0 Å². The third kappa shape index (κ3) is 7.91. The van der Waals surface area contributed by atoms with Crippen LogP contribution in [0.15, 0.2) is 29.2 Å². The molecule has 0 unspecified atom stereocenters. The summed E-state index contributed by atoms with van der Waals surface area (Å²) < 4.78 is 5.10. The number of nitrogens with one attached hydrogen (secondary N) is 2. The van der Waals surface area contributed by atoms with E-state index in [2.05, 4.69) is 10.6 Å². The maximum Gasteiger partial charge on any atom is 0.339 e. The van der Waals surface area contributed by atoms with Crippen LogP contribution < -0.4 is 10.6 Å². The van der Waals surface area contributed by atoms with Crippen molar-refractivity contribution in [3.05, 3.63) is 29.8 Å². The van der Waals surface area contributed by atoms with Gasteiger partial charge in [0.15, 0.2) is 6.61 Å². The third-order valence-electron chi connectivity index (χ3n) is 3.84. The Bertz CT molecular complexity index is 621. The highest BCUT2D eigenvalue weighted by molar-refractivity contribution is 8.00. The first-order chi connectivity index (χ1) is 12.4. The van der Waals surface area contributed by atoms with Gasteiger partial charge in [-0.1, -0.05) is 26.0 Å². The van der Waals surface area contributed by atoms with Gasteiger partial charge in [-0.15, -0.1) is 11.8 Å². The van der Waals surface area contributed by atoms with E-state index in [0.717, 1.165) is 12.8 Å². The molecule has 6 nitrogen and oxygen atoms in total. The van der Waals surface area contributed by atoms with Gasteiger partial charge in [0.2, 0.25) is 5.91 Å². The third-order valence-corrected chi connectivity index (χ3v) is 4.91. The first kappa shape index (κ1) is 22.0. The van der Waals surface area contributed by atoms with Gasteiger partial charge in [-0.05, 0) is 38.8 Å². The van der Waals surface area contributed by atoms with Crippen molar-refractivity contribution < 1.29 is 19.1 Å². The molecule has 144 valence electrons. The number of carbonyl (C=O) groups is 3. The predicted molar refractivity (Wildman–Crippen MR) is 103 cm³/mol. The maximum atomic E-state index is 12.3.